The Kier molecular flexibility index (Phi) is 2.00. The molecule has 2 N–H and O–H groups in total. The smallest absolute Gasteiger partial charge is 0.306 e. The largest absolute Gasteiger partial charge is 0.481 e. The molecule has 66 valence electrons. The molecule has 0 aliphatic carbocycles. The molecule has 0 aliphatic rings. The number of hydrogen-bond acceptors (Lipinski definition) is 2. The maximum absolute atomic E-state index is 10.3. The minimum absolute atomic E-state index is 0.347. The lowest BCUT2D eigenvalue weighted by atomic mass is 10.2. The van der Waals surface area contributed by atoms with Crippen molar-refractivity contribution in [3.8, 4) is 0 Å². The van der Waals surface area contributed by atoms with Crippen LogP contribution in [0.5, 0.6) is 0 Å². The Morgan fingerprint density at radius 1 is 1.73 bits per heavy atom. The van der Waals surface area contributed by atoms with E-state index in [1.807, 2.05) is 0 Å². The lowest BCUT2D eigenvalue weighted by Crippen LogP contribution is -2.42. The highest BCUT2D eigenvalue weighted by Gasteiger charge is 2.17. The highest BCUT2D eigenvalue weighted by atomic mass is 16.4. The van der Waals surface area contributed by atoms with Crippen LogP contribution in [0.25, 0.3) is 0 Å². The van der Waals surface area contributed by atoms with Gasteiger partial charge in [-0.25, -0.2) is 0 Å². The summed E-state index contributed by atoms with van der Waals surface area (Å²) in [5, 5.41) is 17.9. The van der Waals surface area contributed by atoms with E-state index in [1.54, 1.807) is 0 Å². The quantitative estimate of drug-likeness (QED) is 0.554. The van der Waals surface area contributed by atoms with Crippen molar-refractivity contribution in [1.82, 2.24) is 0 Å². The fraction of sp³-hybridized carbons (Fsp3) is 0.857. The van der Waals surface area contributed by atoms with Crippen LogP contribution >= 0.6 is 0 Å². The number of nitrogens with zero attached hydrogens (tertiary/aromatic N) is 1. The van der Waals surface area contributed by atoms with Crippen LogP contribution in [0.1, 0.15) is 10.5 Å². The summed E-state index contributed by atoms with van der Waals surface area (Å²) in [5.41, 5.74) is 0. The molecule has 0 aromatic rings. The average Bonchev–Trinajstić information content (AvgIpc) is 1.80. The minimum Gasteiger partial charge on any atom is -0.481 e. The number of carbonyl (C=O) groups is 1. The van der Waals surface area contributed by atoms with Gasteiger partial charge in [0.25, 0.3) is 0 Å². The van der Waals surface area contributed by atoms with Crippen molar-refractivity contribution in [3.05, 3.63) is 0 Å². The van der Waals surface area contributed by atoms with Gasteiger partial charge in [-0.1, -0.05) is 0 Å². The van der Waals surface area contributed by atoms with Crippen molar-refractivity contribution in [2.24, 2.45) is 0 Å². The molecule has 0 aromatic carbocycles. The summed E-state index contributed by atoms with van der Waals surface area (Å²) in [4.78, 5) is 10.3. The maximum Gasteiger partial charge on any atom is 0.306 e. The van der Waals surface area contributed by atoms with Gasteiger partial charge in [-0.2, -0.15) is 0 Å². The molecular formula is C7H16NO3+. The molecule has 0 aromatic heterocycles. The van der Waals surface area contributed by atoms with Crippen molar-refractivity contribution in [1.29, 1.82) is 0 Å². The molecule has 0 heterocycles. The first kappa shape index (κ1) is 5.97. The molecule has 0 amide bonds. The van der Waals surface area contributed by atoms with E-state index in [1.165, 1.54) is 21.1 Å². The lowest BCUT2D eigenvalue weighted by Gasteiger charge is -2.25. The van der Waals surface area contributed by atoms with E-state index in [9.17, 15) is 9.90 Å². The molecule has 0 radical (unpaired) electrons. The number of aliphatic hydroxyl groups is 1. The molecule has 4 heteroatoms. The zero-order valence-corrected chi connectivity index (χ0v) is 6.96. The lowest BCUT2D eigenvalue weighted by molar-refractivity contribution is -0.873. The molecule has 1 atom stereocenters. The van der Waals surface area contributed by atoms with Crippen molar-refractivity contribution >= 4 is 5.97 Å². The molecule has 0 fully saturated rings. The summed E-state index contributed by atoms with van der Waals surface area (Å²) in [5.74, 6) is -1.40. The van der Waals surface area contributed by atoms with Crippen LogP contribution in [-0.2, 0) is 4.79 Å². The molecule has 0 saturated heterocycles. The zero-order valence-electron chi connectivity index (χ0n) is 9.96. The van der Waals surface area contributed by atoms with E-state index in [-0.39, 0.29) is 4.48 Å². The van der Waals surface area contributed by atoms with Crippen LogP contribution in [0.15, 0.2) is 0 Å². The summed E-state index contributed by atoms with van der Waals surface area (Å²) < 4.78 is 22.0. The van der Waals surface area contributed by atoms with Gasteiger partial charge in [0.05, 0.1) is 31.7 Å². The highest BCUT2D eigenvalue weighted by molar-refractivity contribution is 5.67. The van der Waals surface area contributed by atoms with Crippen LogP contribution in [0.3, 0.4) is 0 Å². The number of hydrogen-bond donors (Lipinski definition) is 2. The first-order valence-corrected chi connectivity index (χ1v) is 3.17. The van der Waals surface area contributed by atoms with E-state index >= 15 is 0 Å². The maximum atomic E-state index is 10.3. The Bertz CT molecular complexity index is 235. The van der Waals surface area contributed by atoms with Gasteiger partial charge in [-0.3, -0.25) is 4.79 Å². The van der Waals surface area contributed by atoms with Crippen molar-refractivity contribution in [2.75, 3.05) is 27.6 Å². The molecule has 0 saturated carbocycles. The van der Waals surface area contributed by atoms with Gasteiger partial charge >= 0.3 is 5.97 Å². The summed E-state index contributed by atoms with van der Waals surface area (Å²) in [6, 6.07) is 0. The number of quaternary nitrogens is 1. The van der Waals surface area contributed by atoms with Crippen LogP contribution in [0.4, 0.5) is 0 Å². The third-order valence-electron chi connectivity index (χ3n) is 0.783. The summed E-state index contributed by atoms with van der Waals surface area (Å²) >= 11 is 0. The Hall–Kier alpha value is -0.610. The van der Waals surface area contributed by atoms with Crippen LogP contribution in [0, 0.1) is 0 Å². The third kappa shape index (κ3) is 7.29. The van der Waals surface area contributed by atoms with E-state index in [4.69, 9.17) is 9.22 Å². The summed E-state index contributed by atoms with van der Waals surface area (Å²) in [7, 11) is 4.34. The average molecular weight is 165 g/mol. The predicted octanol–water partition coefficient (Wildman–Crippen LogP) is -0.472. The Balaban J connectivity index is 4.97. The number of rotatable bonds is 4. The summed E-state index contributed by atoms with van der Waals surface area (Å²) in [6.45, 7) is -2.36. The van der Waals surface area contributed by atoms with Crippen LogP contribution in [0.2, 0.25) is 0 Å². The predicted molar refractivity (Wildman–Crippen MR) is 41.2 cm³/mol. The molecule has 0 bridgehead atoms. The Morgan fingerprint density at radius 2 is 2.18 bits per heavy atom. The first-order valence-electron chi connectivity index (χ1n) is 4.67. The van der Waals surface area contributed by atoms with Crippen LogP contribution in [-0.4, -0.2) is 54.4 Å². The van der Waals surface area contributed by atoms with E-state index in [0.717, 1.165) is 0 Å². The molecule has 4 nitrogen and oxygen atoms in total. The van der Waals surface area contributed by atoms with E-state index in [2.05, 4.69) is 0 Å². The van der Waals surface area contributed by atoms with E-state index in [0.29, 0.717) is 0 Å². The SMILES string of the molecule is [2H]C([2H])([C@@]([2H])(O)CC(=O)O)[N+](C)(C)C. The van der Waals surface area contributed by atoms with Crippen molar-refractivity contribution in [3.63, 3.8) is 0 Å². The first-order chi connectivity index (χ1) is 5.92. The topological polar surface area (TPSA) is 57.5 Å². The number of likely N-dealkylation sites (N-methyl/N-ethyl adjacent to an activating group) is 1. The van der Waals surface area contributed by atoms with Gasteiger partial charge in [0.15, 0.2) is 0 Å². The molecule has 0 aliphatic heterocycles. The normalized spacial score (nSPS) is 22.7. The Labute approximate surface area is 70.9 Å². The molecule has 0 spiro atoms. The van der Waals surface area contributed by atoms with Crippen molar-refractivity contribution < 1.29 is 23.6 Å². The molecule has 11 heavy (non-hydrogen) atoms. The van der Waals surface area contributed by atoms with Crippen LogP contribution < -0.4 is 0 Å². The van der Waals surface area contributed by atoms with E-state index < -0.39 is 25.0 Å². The standard InChI is InChI=1S/C7H15NO3/c1-8(2,3)5-6(9)4-7(10)11/h6,9H,4-5H2,1-3H3/p+1/t6-/m0/s1/i5D2,6D. The number of carboxylic acids is 1. The Morgan fingerprint density at radius 3 is 2.45 bits per heavy atom. The van der Waals surface area contributed by atoms with Gasteiger partial charge in [0.2, 0.25) is 0 Å². The second-order valence-corrected chi connectivity index (χ2v) is 3.14. The number of carboxylic acid groups (broad SMARTS) is 1. The second kappa shape index (κ2) is 3.69. The fourth-order valence-corrected chi connectivity index (χ4v) is 0.570. The van der Waals surface area contributed by atoms with Gasteiger partial charge in [0.1, 0.15) is 12.6 Å². The third-order valence-corrected chi connectivity index (χ3v) is 0.783. The molecular weight excluding hydrogens is 146 g/mol. The molecule has 0 unspecified atom stereocenters. The monoisotopic (exact) mass is 165 g/mol. The highest BCUT2D eigenvalue weighted by Crippen LogP contribution is 1.98. The van der Waals surface area contributed by atoms with Gasteiger partial charge in [-0.05, 0) is 0 Å². The minimum atomic E-state index is -2.64. The second-order valence-electron chi connectivity index (χ2n) is 3.14. The molecule has 0 rings (SSSR count). The van der Waals surface area contributed by atoms with Gasteiger partial charge in [-0.15, -0.1) is 0 Å². The summed E-state index contributed by atoms with van der Waals surface area (Å²) in [6.07, 6.45) is -3.59. The van der Waals surface area contributed by atoms with Gasteiger partial charge < -0.3 is 14.7 Å². The fourth-order valence-electron chi connectivity index (χ4n) is 0.570. The zero-order chi connectivity index (χ0) is 11.8. The van der Waals surface area contributed by atoms with Gasteiger partial charge in [0, 0.05) is 0 Å². The number of aliphatic carboxylic acids is 1. The van der Waals surface area contributed by atoms with Crippen molar-refractivity contribution in [2.45, 2.75) is 12.5 Å².